The van der Waals surface area contributed by atoms with Gasteiger partial charge in [0.1, 0.15) is 0 Å². The number of halogens is 4. The molecular weight excluding hydrogens is 563 g/mol. The molecule has 0 amide bonds. The molecule has 0 atom stereocenters. The van der Waals surface area contributed by atoms with Crippen molar-refractivity contribution < 1.29 is 23.0 Å². The number of likely N-dealkylation sites (tertiary alicyclic amines) is 1. The van der Waals surface area contributed by atoms with Crippen LogP contribution < -0.4 is 15.5 Å². The molecule has 0 unspecified atom stereocenters. The molecule has 40 heavy (non-hydrogen) atoms. The average Bonchev–Trinajstić information content (AvgIpc) is 3.56. The molecule has 0 aliphatic carbocycles. The molecule has 0 saturated carbocycles. The Labute approximate surface area is 238 Å². The minimum absolute atomic E-state index is 0.00537. The van der Waals surface area contributed by atoms with E-state index in [1.54, 1.807) is 25.5 Å². The summed E-state index contributed by atoms with van der Waals surface area (Å²) in [6, 6.07) is 9.38. The molecule has 0 spiro atoms. The van der Waals surface area contributed by atoms with E-state index in [9.17, 15) is 18.3 Å². The molecular formula is C28H29ClF3N5O2S. The molecule has 7 nitrogen and oxygen atoms in total. The van der Waals surface area contributed by atoms with E-state index in [0.29, 0.717) is 32.8 Å². The Morgan fingerprint density at radius 1 is 1.20 bits per heavy atom. The molecule has 2 aliphatic heterocycles. The molecule has 1 N–H and O–H groups in total. The number of alkyl halides is 3. The van der Waals surface area contributed by atoms with Crippen molar-refractivity contribution in [1.29, 1.82) is 0 Å². The van der Waals surface area contributed by atoms with E-state index in [1.165, 1.54) is 23.5 Å². The van der Waals surface area contributed by atoms with Gasteiger partial charge in [0, 0.05) is 56.8 Å². The fraction of sp³-hybridized carbons (Fsp3) is 0.393. The fourth-order valence-electron chi connectivity index (χ4n) is 5.12. The van der Waals surface area contributed by atoms with Crippen LogP contribution in [-0.2, 0) is 17.3 Å². The minimum Gasteiger partial charge on any atom is -0.492 e. The summed E-state index contributed by atoms with van der Waals surface area (Å²) in [5.74, 6) is -0.208. The molecule has 1 fully saturated rings. The number of thiazole rings is 1. The Hall–Kier alpha value is -2.99. The molecule has 0 radical (unpaired) electrons. The lowest BCUT2D eigenvalue weighted by Crippen LogP contribution is -2.44. The smallest absolute Gasteiger partial charge is 0.416 e. The van der Waals surface area contributed by atoms with Crippen molar-refractivity contribution in [3.8, 4) is 5.88 Å². The molecule has 1 saturated heterocycles. The van der Waals surface area contributed by atoms with Gasteiger partial charge in [-0.05, 0) is 53.5 Å². The second-order valence-corrected chi connectivity index (χ2v) is 11.3. The highest BCUT2D eigenvalue weighted by Crippen LogP contribution is 2.40. The van der Waals surface area contributed by atoms with Crippen molar-refractivity contribution in [3.05, 3.63) is 73.6 Å². The summed E-state index contributed by atoms with van der Waals surface area (Å²) in [5.41, 5.74) is 0.525. The Morgan fingerprint density at radius 2 is 1.98 bits per heavy atom. The predicted octanol–water partition coefficient (Wildman–Crippen LogP) is 4.48. The Bertz CT molecular complexity index is 1530. The minimum atomic E-state index is -4.59. The highest BCUT2D eigenvalue weighted by Gasteiger charge is 2.34. The fourth-order valence-corrected chi connectivity index (χ4v) is 6.35. The first kappa shape index (κ1) is 28.5. The van der Waals surface area contributed by atoms with Gasteiger partial charge in [-0.1, -0.05) is 35.1 Å². The first-order chi connectivity index (χ1) is 19.1. The molecule has 2 aromatic carbocycles. The van der Waals surface area contributed by atoms with Crippen molar-refractivity contribution in [1.82, 2.24) is 9.88 Å². The van der Waals surface area contributed by atoms with Gasteiger partial charge in [-0.3, -0.25) is 0 Å². The van der Waals surface area contributed by atoms with Gasteiger partial charge >= 0.3 is 6.18 Å². The van der Waals surface area contributed by atoms with Crippen LogP contribution in [0, 0.1) is 0 Å². The topological polar surface area (TPSA) is 73.5 Å². The van der Waals surface area contributed by atoms with E-state index in [-0.39, 0.29) is 28.9 Å². The standard InChI is InChI=1S/C28H29ClF3N5O2S/c1-36(21-7-9-37(10-8-21)11-12-39-2)27-34-26(38)25(40-27)22(17-4-6-24-19(13-17)16-33-35-24)14-18-3-5-20(29)15-23(18)28(30,31)32/h3-6,13,15-16,21,38H,7-12,14H2,1-2H3. The van der Waals surface area contributed by atoms with Gasteiger partial charge in [0.25, 0.3) is 0 Å². The quantitative estimate of drug-likeness (QED) is 0.418. The molecule has 0 bridgehead atoms. The first-order valence-corrected chi connectivity index (χ1v) is 14.1. The highest BCUT2D eigenvalue weighted by molar-refractivity contribution is 7.17. The van der Waals surface area contributed by atoms with Crippen LogP contribution in [0.4, 0.5) is 18.3 Å². The van der Waals surface area contributed by atoms with E-state index in [4.69, 9.17) is 16.3 Å². The number of piperidine rings is 1. The summed E-state index contributed by atoms with van der Waals surface area (Å²) in [4.78, 5) is 9.31. The van der Waals surface area contributed by atoms with Crippen LogP contribution in [0.5, 0.6) is 5.88 Å². The number of hydrogen-bond acceptors (Lipinski definition) is 8. The lowest BCUT2D eigenvalue weighted by Gasteiger charge is -2.36. The third kappa shape index (κ3) is 6.17. The van der Waals surface area contributed by atoms with E-state index in [2.05, 4.69) is 25.0 Å². The largest absolute Gasteiger partial charge is 0.492 e. The van der Waals surface area contributed by atoms with Gasteiger partial charge in [0.05, 0.1) is 28.6 Å². The number of rotatable bonds is 8. The maximum absolute atomic E-state index is 14.0. The normalized spacial score (nSPS) is 16.6. The first-order valence-electron chi connectivity index (χ1n) is 12.9. The average molecular weight is 592 g/mol. The molecule has 3 aromatic rings. The van der Waals surface area contributed by atoms with E-state index in [1.807, 2.05) is 13.1 Å². The van der Waals surface area contributed by atoms with E-state index in [0.717, 1.165) is 44.1 Å². The van der Waals surface area contributed by atoms with Crippen molar-refractivity contribution in [2.75, 3.05) is 45.3 Å². The van der Waals surface area contributed by atoms with Gasteiger partial charge in [0.15, 0.2) is 5.13 Å². The number of nitrogens with zero attached hydrogens (tertiary/aromatic N) is 5. The second-order valence-electron chi connectivity index (χ2n) is 9.90. The number of fused-ring (bicyclic) bond motifs is 1. The van der Waals surface area contributed by atoms with E-state index < -0.39 is 11.7 Å². The number of methoxy groups -OCH3 is 1. The van der Waals surface area contributed by atoms with E-state index >= 15 is 0 Å². The summed E-state index contributed by atoms with van der Waals surface area (Å²) in [5, 5.41) is 21.0. The van der Waals surface area contributed by atoms with Crippen molar-refractivity contribution in [3.63, 3.8) is 0 Å². The van der Waals surface area contributed by atoms with Crippen LogP contribution in [-0.4, -0.2) is 67.6 Å². The maximum atomic E-state index is 14.0. The summed E-state index contributed by atoms with van der Waals surface area (Å²) >= 11 is 7.21. The number of ether oxygens (including phenoxy) is 1. The van der Waals surface area contributed by atoms with Crippen molar-refractivity contribution in [2.24, 2.45) is 10.2 Å². The summed E-state index contributed by atoms with van der Waals surface area (Å²) in [7, 11) is 3.65. The van der Waals surface area contributed by atoms with Crippen molar-refractivity contribution >= 4 is 39.9 Å². The molecule has 2 aliphatic rings. The van der Waals surface area contributed by atoms with Gasteiger partial charge in [-0.25, -0.2) is 0 Å². The van der Waals surface area contributed by atoms with Gasteiger partial charge in [-0.2, -0.15) is 28.4 Å². The molecule has 5 rings (SSSR count). The van der Waals surface area contributed by atoms with Gasteiger partial charge in [-0.15, -0.1) is 0 Å². The Morgan fingerprint density at radius 3 is 2.70 bits per heavy atom. The third-order valence-electron chi connectivity index (χ3n) is 7.37. The van der Waals surface area contributed by atoms with Gasteiger partial charge in [0.2, 0.25) is 5.88 Å². The lowest BCUT2D eigenvalue weighted by atomic mass is 9.96. The molecule has 3 heterocycles. The second kappa shape index (κ2) is 11.9. The van der Waals surface area contributed by atoms with Crippen LogP contribution in [0.25, 0.3) is 5.57 Å². The van der Waals surface area contributed by atoms with Crippen LogP contribution in [0.3, 0.4) is 0 Å². The zero-order valence-corrected chi connectivity index (χ0v) is 23.7. The number of benzene rings is 2. The molecule has 1 aromatic heterocycles. The van der Waals surface area contributed by atoms with Crippen molar-refractivity contribution in [2.45, 2.75) is 31.5 Å². The molecule has 212 valence electrons. The van der Waals surface area contributed by atoms with Crippen LogP contribution in [0.1, 0.15) is 34.4 Å². The highest BCUT2D eigenvalue weighted by atomic mass is 35.5. The molecule has 12 heteroatoms. The lowest BCUT2D eigenvalue weighted by molar-refractivity contribution is -0.138. The summed E-state index contributed by atoms with van der Waals surface area (Å²) in [6.45, 7) is 3.43. The monoisotopic (exact) mass is 591 g/mol. The maximum Gasteiger partial charge on any atom is 0.416 e. The Kier molecular flexibility index (Phi) is 8.46. The van der Waals surface area contributed by atoms with Crippen LogP contribution in [0.2, 0.25) is 5.02 Å². The number of hydrogen-bond donors (Lipinski definition) is 1. The number of anilines is 1. The Balaban J connectivity index is 1.52. The summed E-state index contributed by atoms with van der Waals surface area (Å²) in [6.07, 6.45) is -1.21. The predicted molar refractivity (Wildman–Crippen MR) is 151 cm³/mol. The van der Waals surface area contributed by atoms with Gasteiger partial charge < -0.3 is 19.6 Å². The number of aromatic hydroxyl groups is 1. The zero-order chi connectivity index (χ0) is 28.4. The number of aromatic nitrogens is 1. The zero-order valence-electron chi connectivity index (χ0n) is 22.1. The third-order valence-corrected chi connectivity index (χ3v) is 8.80. The SMILES string of the molecule is COCCN1CCC(N(C)c2nc(O)c(C(Cc3ccc(Cl)cc3C(F)(F)F)=c3ccc4c(c3)C=NN=4)s2)CC1. The summed E-state index contributed by atoms with van der Waals surface area (Å²) < 4.78 is 47.1. The van der Waals surface area contributed by atoms with Crippen LogP contribution >= 0.6 is 22.9 Å². The van der Waals surface area contributed by atoms with Crippen LogP contribution in [0.15, 0.2) is 46.6 Å².